The van der Waals surface area contributed by atoms with Gasteiger partial charge < -0.3 is 10.2 Å². The summed E-state index contributed by atoms with van der Waals surface area (Å²) in [6.07, 6.45) is 3.76. The van der Waals surface area contributed by atoms with Gasteiger partial charge in [-0.3, -0.25) is 4.79 Å². The molecule has 5 heteroatoms. The summed E-state index contributed by atoms with van der Waals surface area (Å²) in [5.41, 5.74) is 0.101. The monoisotopic (exact) mass is 340 g/mol. The molecule has 0 bridgehead atoms. The number of benzene rings is 1. The van der Waals surface area contributed by atoms with Crippen molar-refractivity contribution < 1.29 is 9.18 Å². The minimum absolute atomic E-state index is 0.101. The van der Waals surface area contributed by atoms with Crippen molar-refractivity contribution >= 4 is 21.8 Å². The molecule has 1 N–H and O–H groups in total. The number of rotatable bonds is 4. The number of nitrogens with zero attached hydrogens (tertiary/aromatic N) is 1. The second-order valence-electron chi connectivity index (χ2n) is 5.69. The third kappa shape index (κ3) is 3.04. The molecular formula is C15H18BrFN2O. The lowest BCUT2D eigenvalue weighted by Gasteiger charge is -2.15. The summed E-state index contributed by atoms with van der Waals surface area (Å²) in [5.74, 6) is -0.326. The van der Waals surface area contributed by atoms with E-state index >= 15 is 0 Å². The van der Waals surface area contributed by atoms with Crippen LogP contribution in [0, 0.1) is 11.7 Å². The van der Waals surface area contributed by atoms with Crippen LogP contribution in [-0.2, 0) is 0 Å². The van der Waals surface area contributed by atoms with E-state index in [0.29, 0.717) is 16.9 Å². The molecule has 1 atom stereocenters. The molecule has 1 saturated heterocycles. The van der Waals surface area contributed by atoms with Crippen LogP contribution >= 0.6 is 15.9 Å². The van der Waals surface area contributed by atoms with Gasteiger partial charge in [0.1, 0.15) is 5.82 Å². The van der Waals surface area contributed by atoms with Crippen LogP contribution in [0.25, 0.3) is 0 Å². The van der Waals surface area contributed by atoms with Crippen molar-refractivity contribution in [1.82, 2.24) is 10.2 Å². The Labute approximate surface area is 126 Å². The standard InChI is InChI=1S/C15H18BrFN2O/c16-12-2-1-3-13(17)14(12)15(20)18-8-10-6-7-19(9-10)11-4-5-11/h1-3,10-11H,4-9H2,(H,18,20). The van der Waals surface area contributed by atoms with E-state index in [1.54, 1.807) is 12.1 Å². The number of likely N-dealkylation sites (tertiary alicyclic amines) is 1. The number of halogens is 2. The van der Waals surface area contributed by atoms with Gasteiger partial charge >= 0.3 is 0 Å². The molecule has 3 nitrogen and oxygen atoms in total. The average Bonchev–Trinajstić information content (AvgIpc) is 3.16. The number of carbonyl (C=O) groups excluding carboxylic acids is 1. The van der Waals surface area contributed by atoms with Crippen molar-refractivity contribution in [2.24, 2.45) is 5.92 Å². The Kier molecular flexibility index (Phi) is 4.08. The first-order chi connectivity index (χ1) is 9.65. The van der Waals surface area contributed by atoms with E-state index in [4.69, 9.17) is 0 Å². The summed E-state index contributed by atoms with van der Waals surface area (Å²) in [6.45, 7) is 2.82. The summed E-state index contributed by atoms with van der Waals surface area (Å²) in [7, 11) is 0. The molecular weight excluding hydrogens is 323 g/mol. The number of hydrogen-bond donors (Lipinski definition) is 1. The summed E-state index contributed by atoms with van der Waals surface area (Å²) in [6, 6.07) is 5.36. The van der Waals surface area contributed by atoms with Gasteiger partial charge in [-0.2, -0.15) is 0 Å². The predicted octanol–water partition coefficient (Wildman–Crippen LogP) is 2.80. The van der Waals surface area contributed by atoms with Crippen molar-refractivity contribution in [1.29, 1.82) is 0 Å². The van der Waals surface area contributed by atoms with E-state index in [0.717, 1.165) is 25.6 Å². The van der Waals surface area contributed by atoms with Gasteiger partial charge in [0.15, 0.2) is 0 Å². The van der Waals surface area contributed by atoms with E-state index in [2.05, 4.69) is 26.1 Å². The topological polar surface area (TPSA) is 32.3 Å². The predicted molar refractivity (Wildman–Crippen MR) is 79.1 cm³/mol. The first kappa shape index (κ1) is 14.0. The van der Waals surface area contributed by atoms with Crippen molar-refractivity contribution in [3.05, 3.63) is 34.1 Å². The molecule has 0 spiro atoms. The van der Waals surface area contributed by atoms with E-state index in [9.17, 15) is 9.18 Å². The highest BCUT2D eigenvalue weighted by atomic mass is 79.9. The molecule has 1 unspecified atom stereocenters. The Balaban J connectivity index is 1.54. The highest BCUT2D eigenvalue weighted by molar-refractivity contribution is 9.10. The van der Waals surface area contributed by atoms with Gasteiger partial charge in [-0.15, -0.1) is 0 Å². The molecule has 20 heavy (non-hydrogen) atoms. The SMILES string of the molecule is O=C(NCC1CCN(C2CC2)C1)c1c(F)cccc1Br. The van der Waals surface area contributed by atoms with Crippen molar-refractivity contribution in [3.63, 3.8) is 0 Å². The summed E-state index contributed by atoms with van der Waals surface area (Å²) in [5, 5.41) is 2.87. The van der Waals surface area contributed by atoms with Crippen LogP contribution in [0.4, 0.5) is 4.39 Å². The van der Waals surface area contributed by atoms with Gasteiger partial charge in [0.2, 0.25) is 0 Å². The van der Waals surface area contributed by atoms with Gasteiger partial charge in [-0.1, -0.05) is 6.07 Å². The van der Waals surface area contributed by atoms with Crippen LogP contribution in [-0.4, -0.2) is 36.5 Å². The molecule has 2 fully saturated rings. The maximum absolute atomic E-state index is 13.7. The van der Waals surface area contributed by atoms with Crippen LogP contribution in [0.1, 0.15) is 29.6 Å². The lowest BCUT2D eigenvalue weighted by Crippen LogP contribution is -2.32. The molecule has 1 heterocycles. The summed E-state index contributed by atoms with van der Waals surface area (Å²) < 4.78 is 14.2. The van der Waals surface area contributed by atoms with Crippen LogP contribution in [0.5, 0.6) is 0 Å². The van der Waals surface area contributed by atoms with Crippen LogP contribution < -0.4 is 5.32 Å². The zero-order valence-electron chi connectivity index (χ0n) is 11.2. The lowest BCUT2D eigenvalue weighted by atomic mass is 10.1. The summed E-state index contributed by atoms with van der Waals surface area (Å²) in [4.78, 5) is 14.6. The fourth-order valence-electron chi connectivity index (χ4n) is 2.84. The largest absolute Gasteiger partial charge is 0.352 e. The maximum atomic E-state index is 13.7. The number of amides is 1. The fourth-order valence-corrected chi connectivity index (χ4v) is 3.36. The van der Waals surface area contributed by atoms with Gasteiger partial charge in [-0.05, 0) is 59.8 Å². The minimum atomic E-state index is -0.483. The van der Waals surface area contributed by atoms with Gasteiger partial charge in [-0.25, -0.2) is 4.39 Å². The molecule has 1 aliphatic heterocycles. The van der Waals surface area contributed by atoms with Crippen molar-refractivity contribution in [2.75, 3.05) is 19.6 Å². The smallest absolute Gasteiger partial charge is 0.255 e. The van der Waals surface area contributed by atoms with Gasteiger partial charge in [0, 0.05) is 23.6 Å². The second-order valence-corrected chi connectivity index (χ2v) is 6.54. The molecule has 1 aromatic rings. The van der Waals surface area contributed by atoms with Crippen LogP contribution in [0.15, 0.2) is 22.7 Å². The Morgan fingerprint density at radius 1 is 1.40 bits per heavy atom. The normalized spacial score (nSPS) is 23.0. The van der Waals surface area contributed by atoms with E-state index < -0.39 is 5.82 Å². The van der Waals surface area contributed by atoms with Crippen LogP contribution in [0.2, 0.25) is 0 Å². The first-order valence-electron chi connectivity index (χ1n) is 7.11. The van der Waals surface area contributed by atoms with Crippen molar-refractivity contribution in [3.8, 4) is 0 Å². The third-order valence-corrected chi connectivity index (χ3v) is 4.78. The molecule has 3 rings (SSSR count). The Hall–Kier alpha value is -0.940. The number of carbonyl (C=O) groups is 1. The molecule has 0 aromatic heterocycles. The minimum Gasteiger partial charge on any atom is -0.352 e. The Bertz CT molecular complexity index is 498. The quantitative estimate of drug-likeness (QED) is 0.913. The van der Waals surface area contributed by atoms with Gasteiger partial charge in [0.25, 0.3) is 5.91 Å². The molecule has 1 aromatic carbocycles. The highest BCUT2D eigenvalue weighted by Crippen LogP contribution is 2.31. The van der Waals surface area contributed by atoms with E-state index in [-0.39, 0.29) is 11.5 Å². The summed E-state index contributed by atoms with van der Waals surface area (Å²) >= 11 is 3.23. The molecule has 2 aliphatic rings. The Morgan fingerprint density at radius 3 is 2.90 bits per heavy atom. The van der Waals surface area contributed by atoms with Crippen LogP contribution in [0.3, 0.4) is 0 Å². The number of nitrogens with one attached hydrogen (secondary N) is 1. The average molecular weight is 341 g/mol. The molecule has 1 aliphatic carbocycles. The third-order valence-electron chi connectivity index (χ3n) is 4.12. The zero-order valence-corrected chi connectivity index (χ0v) is 12.8. The molecule has 1 amide bonds. The first-order valence-corrected chi connectivity index (χ1v) is 7.90. The maximum Gasteiger partial charge on any atom is 0.255 e. The van der Waals surface area contributed by atoms with Gasteiger partial charge in [0.05, 0.1) is 5.56 Å². The zero-order chi connectivity index (χ0) is 14.1. The molecule has 1 saturated carbocycles. The fraction of sp³-hybridized carbons (Fsp3) is 0.533. The molecule has 0 radical (unpaired) electrons. The Morgan fingerprint density at radius 2 is 2.20 bits per heavy atom. The lowest BCUT2D eigenvalue weighted by molar-refractivity contribution is 0.0942. The number of hydrogen-bond acceptors (Lipinski definition) is 2. The highest BCUT2D eigenvalue weighted by Gasteiger charge is 2.34. The molecule has 108 valence electrons. The van der Waals surface area contributed by atoms with E-state index in [1.807, 2.05) is 0 Å². The van der Waals surface area contributed by atoms with Crippen molar-refractivity contribution in [2.45, 2.75) is 25.3 Å². The van der Waals surface area contributed by atoms with E-state index in [1.165, 1.54) is 18.9 Å². The second kappa shape index (κ2) is 5.82.